The van der Waals surface area contributed by atoms with Crippen LogP contribution in [-0.4, -0.2) is 60.8 Å². The molecule has 2 aromatic carbocycles. The molecule has 3 amide bonds. The van der Waals surface area contributed by atoms with Gasteiger partial charge in [-0.05, 0) is 41.8 Å². The fourth-order valence-electron chi connectivity index (χ4n) is 3.50. The van der Waals surface area contributed by atoms with E-state index in [1.165, 1.54) is 50.2 Å². The predicted molar refractivity (Wildman–Crippen MR) is 150 cm³/mol. The molecule has 0 aliphatic heterocycles. The monoisotopic (exact) mass is 693 g/mol. The predicted octanol–water partition coefficient (Wildman–Crippen LogP) is 5.43. The molecule has 0 fully saturated rings. The molecule has 43 heavy (non-hydrogen) atoms. The number of amides is 3. The maximum atomic E-state index is 14.6. The smallest absolute Gasteiger partial charge is 0.405 e. The zero-order chi connectivity index (χ0) is 32.7. The van der Waals surface area contributed by atoms with E-state index in [2.05, 4.69) is 10.6 Å². The van der Waals surface area contributed by atoms with E-state index < -0.39 is 66.8 Å². The van der Waals surface area contributed by atoms with Crippen LogP contribution in [0, 0.1) is 5.92 Å². The third-order valence-electron chi connectivity index (χ3n) is 5.57. The van der Waals surface area contributed by atoms with Crippen LogP contribution in [0.2, 0.25) is 20.1 Å². The van der Waals surface area contributed by atoms with Gasteiger partial charge in [-0.1, -0.05) is 66.3 Å². The van der Waals surface area contributed by atoms with E-state index in [9.17, 15) is 41.1 Å². The quantitative estimate of drug-likeness (QED) is 0.191. The summed E-state index contributed by atoms with van der Waals surface area (Å²) in [4.78, 5) is 50.4. The van der Waals surface area contributed by atoms with Gasteiger partial charge in [0.15, 0.2) is 6.61 Å². The van der Waals surface area contributed by atoms with E-state index in [1.54, 1.807) is 0 Å². The fraction of sp³-hybridized carbons (Fsp3) is 0.385. The summed E-state index contributed by atoms with van der Waals surface area (Å²) in [6, 6.07) is 4.84. The number of hydrogen-bond donors (Lipinski definition) is 3. The number of carbonyl (C=O) groups is 4. The molecule has 0 bridgehead atoms. The lowest BCUT2D eigenvalue weighted by atomic mass is 9.94. The number of rotatable bonds is 13. The van der Waals surface area contributed by atoms with Crippen molar-refractivity contribution in [3.63, 3.8) is 0 Å². The number of carbonyl (C=O) groups excluding carboxylic acids is 4. The molecular formula is C26H24Cl4F5N3O5. The largest absolute Gasteiger partial charge is 0.484 e. The van der Waals surface area contributed by atoms with Crippen molar-refractivity contribution >= 4 is 69.9 Å². The zero-order valence-corrected chi connectivity index (χ0v) is 25.3. The second kappa shape index (κ2) is 15.2. The minimum atomic E-state index is -5.01. The van der Waals surface area contributed by atoms with Crippen LogP contribution in [0.1, 0.15) is 19.4 Å². The molecule has 0 radical (unpaired) electrons. The van der Waals surface area contributed by atoms with Crippen LogP contribution in [0.3, 0.4) is 0 Å². The highest BCUT2D eigenvalue weighted by atomic mass is 35.5. The van der Waals surface area contributed by atoms with E-state index in [-0.39, 0.29) is 32.3 Å². The average Bonchev–Trinajstić information content (AvgIpc) is 2.89. The van der Waals surface area contributed by atoms with E-state index in [0.29, 0.717) is 5.56 Å². The molecule has 0 saturated carbocycles. The Morgan fingerprint density at radius 3 is 2.00 bits per heavy atom. The van der Waals surface area contributed by atoms with Gasteiger partial charge in [-0.15, -0.1) is 0 Å². The SMILES string of the molecule is CC(C)[C@H](NC(=O)C(Cc1ccc(Cl)c(Cl)c1)NC(=O)COc1cc(Cl)cc(Cl)c1)C(=O)C(F)(F)C(=O)NCC(F)(F)F. The van der Waals surface area contributed by atoms with Gasteiger partial charge < -0.3 is 20.7 Å². The molecular weight excluding hydrogens is 671 g/mol. The Labute approximate surface area is 262 Å². The number of hydrogen-bond acceptors (Lipinski definition) is 5. The van der Waals surface area contributed by atoms with Crippen molar-refractivity contribution in [2.24, 2.45) is 5.92 Å². The number of ether oxygens (including phenoxy) is 1. The molecule has 2 atom stereocenters. The van der Waals surface area contributed by atoms with Gasteiger partial charge in [0.05, 0.1) is 16.1 Å². The molecule has 3 N–H and O–H groups in total. The number of benzene rings is 2. The molecule has 8 nitrogen and oxygen atoms in total. The van der Waals surface area contributed by atoms with Crippen LogP contribution in [-0.2, 0) is 25.6 Å². The maximum Gasteiger partial charge on any atom is 0.405 e. The van der Waals surface area contributed by atoms with E-state index in [1.807, 2.05) is 0 Å². The Balaban J connectivity index is 2.27. The van der Waals surface area contributed by atoms with Crippen LogP contribution in [0.25, 0.3) is 0 Å². The summed E-state index contributed by atoms with van der Waals surface area (Å²) < 4.78 is 71.7. The molecule has 0 aliphatic carbocycles. The minimum absolute atomic E-state index is 0.102. The Morgan fingerprint density at radius 2 is 1.47 bits per heavy atom. The number of ketones is 1. The van der Waals surface area contributed by atoms with Crippen LogP contribution >= 0.6 is 46.4 Å². The molecule has 0 aliphatic rings. The Bertz CT molecular complexity index is 1340. The van der Waals surface area contributed by atoms with Gasteiger partial charge in [0.2, 0.25) is 11.7 Å². The van der Waals surface area contributed by atoms with Crippen molar-refractivity contribution < 1.29 is 45.9 Å². The van der Waals surface area contributed by atoms with Crippen molar-refractivity contribution in [3.8, 4) is 5.75 Å². The highest BCUT2D eigenvalue weighted by Crippen LogP contribution is 2.26. The molecule has 236 valence electrons. The molecule has 0 heterocycles. The average molecular weight is 695 g/mol. The summed E-state index contributed by atoms with van der Waals surface area (Å²) in [5.41, 5.74) is 0.363. The molecule has 2 rings (SSSR count). The van der Waals surface area contributed by atoms with Crippen LogP contribution in [0.4, 0.5) is 22.0 Å². The topological polar surface area (TPSA) is 114 Å². The molecule has 1 unspecified atom stereocenters. The van der Waals surface area contributed by atoms with E-state index in [0.717, 1.165) is 5.32 Å². The van der Waals surface area contributed by atoms with Gasteiger partial charge in [-0.25, -0.2) is 0 Å². The maximum absolute atomic E-state index is 14.6. The lowest BCUT2D eigenvalue weighted by molar-refractivity contribution is -0.165. The first-order valence-corrected chi connectivity index (χ1v) is 13.7. The van der Waals surface area contributed by atoms with Gasteiger partial charge in [0, 0.05) is 16.5 Å². The summed E-state index contributed by atoms with van der Waals surface area (Å²) in [5, 5.41) is 6.10. The van der Waals surface area contributed by atoms with Crippen molar-refractivity contribution in [3.05, 3.63) is 62.1 Å². The minimum Gasteiger partial charge on any atom is -0.484 e. The van der Waals surface area contributed by atoms with Gasteiger partial charge in [0.1, 0.15) is 18.3 Å². The van der Waals surface area contributed by atoms with Crippen molar-refractivity contribution in [2.75, 3.05) is 13.2 Å². The van der Waals surface area contributed by atoms with Crippen molar-refractivity contribution in [2.45, 2.75) is 44.5 Å². The first-order valence-electron chi connectivity index (χ1n) is 12.2. The summed E-state index contributed by atoms with van der Waals surface area (Å²) in [5.74, 6) is -12.5. The van der Waals surface area contributed by atoms with Crippen LogP contribution < -0.4 is 20.7 Å². The van der Waals surface area contributed by atoms with Gasteiger partial charge in [-0.2, -0.15) is 22.0 Å². The molecule has 17 heteroatoms. The second-order valence-electron chi connectivity index (χ2n) is 9.43. The normalized spacial score (nSPS) is 13.2. The van der Waals surface area contributed by atoms with Crippen LogP contribution in [0.15, 0.2) is 36.4 Å². The van der Waals surface area contributed by atoms with E-state index >= 15 is 0 Å². The summed E-state index contributed by atoms with van der Waals surface area (Å²) in [6.45, 7) is -0.243. The third kappa shape index (κ3) is 11.3. The molecule has 0 aromatic heterocycles. The third-order valence-corrected chi connectivity index (χ3v) is 6.75. The Kier molecular flexibility index (Phi) is 12.9. The van der Waals surface area contributed by atoms with Gasteiger partial charge in [0.25, 0.3) is 11.8 Å². The summed E-state index contributed by atoms with van der Waals surface area (Å²) in [7, 11) is 0. The zero-order valence-electron chi connectivity index (χ0n) is 22.3. The number of Topliss-reactive ketones (excluding diaryl/α,β-unsaturated/α-hetero) is 1. The molecule has 0 saturated heterocycles. The van der Waals surface area contributed by atoms with Gasteiger partial charge in [-0.3, -0.25) is 19.2 Å². The second-order valence-corrected chi connectivity index (χ2v) is 11.1. The highest BCUT2D eigenvalue weighted by molar-refractivity contribution is 6.42. The molecule has 2 aromatic rings. The lowest BCUT2D eigenvalue weighted by Gasteiger charge is -2.27. The Morgan fingerprint density at radius 1 is 0.860 bits per heavy atom. The highest BCUT2D eigenvalue weighted by Gasteiger charge is 2.52. The van der Waals surface area contributed by atoms with Crippen molar-refractivity contribution in [1.29, 1.82) is 0 Å². The summed E-state index contributed by atoms with van der Waals surface area (Å²) >= 11 is 23.7. The first kappa shape index (κ1) is 36.3. The standard InChI is InChI=1S/C26H24Cl4F5N3O5/c1-12(2)21(22(40)26(34,35)24(42)36-11-25(31,32)33)38-23(41)19(6-13-3-4-17(29)18(30)5-13)37-20(39)10-43-16-8-14(27)7-15(28)9-16/h3-5,7-9,12,19,21H,6,10-11H2,1-2H3,(H,36,42)(H,37,39)(H,38,41)/t19?,21-/m0/s1. The Hall–Kier alpha value is -2.87. The van der Waals surface area contributed by atoms with E-state index in [4.69, 9.17) is 51.1 Å². The molecule has 0 spiro atoms. The first-order chi connectivity index (χ1) is 19.8. The fourth-order valence-corrected chi connectivity index (χ4v) is 4.32. The van der Waals surface area contributed by atoms with Crippen molar-refractivity contribution in [1.82, 2.24) is 16.0 Å². The number of alkyl halides is 5. The van der Waals surface area contributed by atoms with Crippen LogP contribution in [0.5, 0.6) is 5.75 Å². The lowest BCUT2D eigenvalue weighted by Crippen LogP contribution is -2.59. The number of nitrogens with one attached hydrogen (secondary N) is 3. The summed E-state index contributed by atoms with van der Waals surface area (Å²) in [6.07, 6.45) is -5.29. The number of halogens is 9. The van der Waals surface area contributed by atoms with Gasteiger partial charge >= 0.3 is 12.1 Å².